The van der Waals surface area contributed by atoms with E-state index in [0.717, 1.165) is 6.54 Å². The fraction of sp³-hybridized carbons (Fsp3) is 0.545. The summed E-state index contributed by atoms with van der Waals surface area (Å²) < 4.78 is 10.3. The fourth-order valence-electron chi connectivity index (χ4n) is 1.38. The molecule has 15 heavy (non-hydrogen) atoms. The summed E-state index contributed by atoms with van der Waals surface area (Å²) in [5.74, 6) is 0. The summed E-state index contributed by atoms with van der Waals surface area (Å²) in [6, 6.07) is 4.11. The highest BCUT2D eigenvalue weighted by atomic mass is 16.7. The molecule has 0 aromatic carbocycles. The van der Waals surface area contributed by atoms with E-state index in [4.69, 9.17) is 9.47 Å². The molecule has 1 atom stereocenters. The number of methoxy groups -OCH3 is 2. The molecule has 1 aromatic heterocycles. The second-order valence-corrected chi connectivity index (χ2v) is 3.36. The Hall–Kier alpha value is -0.970. The second-order valence-electron chi connectivity index (χ2n) is 3.36. The van der Waals surface area contributed by atoms with Gasteiger partial charge in [0, 0.05) is 33.2 Å². The van der Waals surface area contributed by atoms with E-state index in [2.05, 4.69) is 10.3 Å². The third-order valence-electron chi connectivity index (χ3n) is 2.25. The molecular weight excluding hydrogens is 192 g/mol. The van der Waals surface area contributed by atoms with Crippen LogP contribution in [0.25, 0.3) is 0 Å². The Bertz CT molecular complexity index is 263. The molecule has 4 nitrogen and oxygen atoms in total. The van der Waals surface area contributed by atoms with Crippen molar-refractivity contribution in [2.45, 2.75) is 25.8 Å². The van der Waals surface area contributed by atoms with E-state index in [0.29, 0.717) is 0 Å². The van der Waals surface area contributed by atoms with Crippen LogP contribution >= 0.6 is 0 Å². The predicted octanol–water partition coefficient (Wildman–Crippen LogP) is 1.18. The molecule has 0 radical (unpaired) electrons. The highest BCUT2D eigenvalue weighted by molar-refractivity contribution is 5.09. The van der Waals surface area contributed by atoms with Crippen LogP contribution in [-0.2, 0) is 16.0 Å². The molecule has 1 N–H and O–H groups in total. The van der Waals surface area contributed by atoms with Crippen molar-refractivity contribution in [3.63, 3.8) is 0 Å². The van der Waals surface area contributed by atoms with E-state index in [1.54, 1.807) is 26.6 Å². The smallest absolute Gasteiger partial charge is 0.171 e. The van der Waals surface area contributed by atoms with Crippen LogP contribution in [0.5, 0.6) is 0 Å². The zero-order valence-corrected chi connectivity index (χ0v) is 9.43. The third kappa shape index (κ3) is 3.95. The maximum absolute atomic E-state index is 5.15. The van der Waals surface area contributed by atoms with Crippen molar-refractivity contribution >= 4 is 0 Å². The number of rotatable bonds is 6. The van der Waals surface area contributed by atoms with E-state index in [1.807, 2.05) is 19.1 Å². The highest BCUT2D eigenvalue weighted by Gasteiger charge is 2.14. The molecule has 4 heteroatoms. The Morgan fingerprint density at radius 2 is 1.87 bits per heavy atom. The first-order chi connectivity index (χ1) is 7.27. The third-order valence-corrected chi connectivity index (χ3v) is 2.25. The van der Waals surface area contributed by atoms with Gasteiger partial charge in [-0.1, -0.05) is 0 Å². The lowest BCUT2D eigenvalue weighted by molar-refractivity contribution is -0.119. The first kappa shape index (κ1) is 12.1. The maximum atomic E-state index is 5.15. The van der Waals surface area contributed by atoms with E-state index in [-0.39, 0.29) is 12.3 Å². The van der Waals surface area contributed by atoms with Gasteiger partial charge in [0.25, 0.3) is 0 Å². The molecule has 0 aliphatic heterocycles. The Balaban J connectivity index is 2.36. The minimum atomic E-state index is -0.216. The van der Waals surface area contributed by atoms with Gasteiger partial charge in [-0.2, -0.15) is 0 Å². The van der Waals surface area contributed by atoms with E-state index in [1.165, 1.54) is 5.56 Å². The van der Waals surface area contributed by atoms with Gasteiger partial charge in [0.15, 0.2) is 6.29 Å². The number of nitrogens with one attached hydrogen (secondary N) is 1. The lowest BCUT2D eigenvalue weighted by atomic mass is 10.2. The zero-order chi connectivity index (χ0) is 11.1. The van der Waals surface area contributed by atoms with Gasteiger partial charge in [-0.25, -0.2) is 0 Å². The van der Waals surface area contributed by atoms with Crippen molar-refractivity contribution in [3.05, 3.63) is 30.1 Å². The van der Waals surface area contributed by atoms with Gasteiger partial charge in [-0.15, -0.1) is 0 Å². The highest BCUT2D eigenvalue weighted by Crippen LogP contribution is 2.01. The summed E-state index contributed by atoms with van der Waals surface area (Å²) in [4.78, 5) is 3.96. The van der Waals surface area contributed by atoms with E-state index < -0.39 is 0 Å². The van der Waals surface area contributed by atoms with Gasteiger partial charge in [0.05, 0.1) is 6.04 Å². The average molecular weight is 210 g/mol. The number of hydrogen-bond donors (Lipinski definition) is 1. The predicted molar refractivity (Wildman–Crippen MR) is 58.3 cm³/mol. The van der Waals surface area contributed by atoms with Crippen molar-refractivity contribution in [1.29, 1.82) is 0 Å². The topological polar surface area (TPSA) is 43.4 Å². The van der Waals surface area contributed by atoms with E-state index in [9.17, 15) is 0 Å². The number of nitrogens with zero attached hydrogens (tertiary/aromatic N) is 1. The molecule has 1 aromatic rings. The van der Waals surface area contributed by atoms with Crippen LogP contribution in [0.2, 0.25) is 0 Å². The van der Waals surface area contributed by atoms with Crippen LogP contribution < -0.4 is 5.32 Å². The van der Waals surface area contributed by atoms with Crippen LogP contribution in [-0.4, -0.2) is 31.5 Å². The summed E-state index contributed by atoms with van der Waals surface area (Å²) in [7, 11) is 3.28. The molecule has 1 heterocycles. The van der Waals surface area contributed by atoms with Gasteiger partial charge >= 0.3 is 0 Å². The first-order valence-electron chi connectivity index (χ1n) is 4.95. The van der Waals surface area contributed by atoms with Crippen LogP contribution in [0, 0.1) is 0 Å². The van der Waals surface area contributed by atoms with Crippen LogP contribution in [0.3, 0.4) is 0 Å². The molecular formula is C11H18N2O2. The fourth-order valence-corrected chi connectivity index (χ4v) is 1.38. The molecule has 0 saturated heterocycles. The minimum Gasteiger partial charge on any atom is -0.354 e. The van der Waals surface area contributed by atoms with Crippen molar-refractivity contribution in [3.8, 4) is 0 Å². The van der Waals surface area contributed by atoms with E-state index >= 15 is 0 Å². The summed E-state index contributed by atoms with van der Waals surface area (Å²) in [6.07, 6.45) is 3.35. The van der Waals surface area contributed by atoms with Crippen molar-refractivity contribution in [1.82, 2.24) is 10.3 Å². The van der Waals surface area contributed by atoms with Crippen molar-refractivity contribution < 1.29 is 9.47 Å². The summed E-state index contributed by atoms with van der Waals surface area (Å²) in [5.41, 5.74) is 1.20. The van der Waals surface area contributed by atoms with Crippen LogP contribution in [0.4, 0.5) is 0 Å². The van der Waals surface area contributed by atoms with Crippen molar-refractivity contribution in [2.75, 3.05) is 14.2 Å². The summed E-state index contributed by atoms with van der Waals surface area (Å²) in [5, 5.41) is 3.32. The monoisotopic (exact) mass is 210 g/mol. The summed E-state index contributed by atoms with van der Waals surface area (Å²) in [6.45, 7) is 2.81. The standard InChI is InChI=1S/C11H18N2O2/c1-9(11(14-2)15-3)13-8-10-4-6-12-7-5-10/h4-7,9,11,13H,8H2,1-3H3. The molecule has 1 rings (SSSR count). The molecule has 0 aliphatic rings. The summed E-state index contributed by atoms with van der Waals surface area (Å²) >= 11 is 0. The molecule has 0 spiro atoms. The maximum Gasteiger partial charge on any atom is 0.171 e. The Morgan fingerprint density at radius 3 is 2.40 bits per heavy atom. The minimum absolute atomic E-state index is 0.146. The molecule has 84 valence electrons. The Labute approximate surface area is 90.6 Å². The van der Waals surface area contributed by atoms with Gasteiger partial charge in [-0.05, 0) is 24.6 Å². The lowest BCUT2D eigenvalue weighted by Crippen LogP contribution is -2.39. The van der Waals surface area contributed by atoms with Gasteiger partial charge < -0.3 is 14.8 Å². The number of pyridine rings is 1. The largest absolute Gasteiger partial charge is 0.354 e. The van der Waals surface area contributed by atoms with Crippen molar-refractivity contribution in [2.24, 2.45) is 0 Å². The average Bonchev–Trinajstić information content (AvgIpc) is 2.29. The Kier molecular flexibility index (Phi) is 5.25. The molecule has 0 aliphatic carbocycles. The number of aromatic nitrogens is 1. The number of ether oxygens (including phenoxy) is 2. The molecule has 0 fully saturated rings. The number of hydrogen-bond acceptors (Lipinski definition) is 4. The zero-order valence-electron chi connectivity index (χ0n) is 9.43. The van der Waals surface area contributed by atoms with Gasteiger partial charge in [0.1, 0.15) is 0 Å². The SMILES string of the molecule is COC(OC)C(C)NCc1ccncc1. The normalized spacial score (nSPS) is 13.1. The van der Waals surface area contributed by atoms with Crippen LogP contribution in [0.1, 0.15) is 12.5 Å². The molecule has 0 saturated carbocycles. The molecule has 0 bridgehead atoms. The Morgan fingerprint density at radius 1 is 1.27 bits per heavy atom. The lowest BCUT2D eigenvalue weighted by Gasteiger charge is -2.22. The quantitative estimate of drug-likeness (QED) is 0.716. The van der Waals surface area contributed by atoms with Gasteiger partial charge in [0.2, 0.25) is 0 Å². The molecule has 0 amide bonds. The second kappa shape index (κ2) is 6.50. The first-order valence-corrected chi connectivity index (χ1v) is 4.95. The van der Waals surface area contributed by atoms with Gasteiger partial charge in [-0.3, -0.25) is 4.98 Å². The van der Waals surface area contributed by atoms with Crippen LogP contribution in [0.15, 0.2) is 24.5 Å². The molecule has 1 unspecified atom stereocenters.